The summed E-state index contributed by atoms with van der Waals surface area (Å²) in [5.41, 5.74) is 0. The van der Waals surface area contributed by atoms with Crippen LogP contribution in [0.3, 0.4) is 0 Å². The first-order valence-corrected chi connectivity index (χ1v) is 6.05. The summed E-state index contributed by atoms with van der Waals surface area (Å²) >= 11 is 2.46. The minimum absolute atomic E-state index is 0.895. The molecule has 0 aliphatic carbocycles. The Balaban J connectivity index is 2.24. The highest BCUT2D eigenvalue weighted by molar-refractivity contribution is 14.1. The van der Waals surface area contributed by atoms with Gasteiger partial charge in [0.05, 0.1) is 4.55 Å². The predicted octanol–water partition coefficient (Wildman–Crippen LogP) is 2.75. The summed E-state index contributed by atoms with van der Waals surface area (Å²) in [4.78, 5) is 2.54. The molecule has 0 aromatic rings. The van der Waals surface area contributed by atoms with Crippen LogP contribution in [0.25, 0.3) is 0 Å². The maximum Gasteiger partial charge on any atom is 0.0505 e. The van der Waals surface area contributed by atoms with Gasteiger partial charge in [0.15, 0.2) is 0 Å². The molecule has 0 bridgehead atoms. The topological polar surface area (TPSA) is 3.24 Å². The summed E-state index contributed by atoms with van der Waals surface area (Å²) in [7, 11) is 0. The van der Waals surface area contributed by atoms with E-state index in [0.29, 0.717) is 0 Å². The molecule has 11 heavy (non-hydrogen) atoms. The van der Waals surface area contributed by atoms with Gasteiger partial charge in [-0.15, -0.1) is 0 Å². The highest BCUT2D eigenvalue weighted by Crippen LogP contribution is 2.24. The van der Waals surface area contributed by atoms with Crippen LogP contribution in [0.15, 0.2) is 0 Å². The van der Waals surface area contributed by atoms with E-state index >= 15 is 0 Å². The lowest BCUT2D eigenvalue weighted by molar-refractivity contribution is 0.182. The van der Waals surface area contributed by atoms with E-state index in [2.05, 4.69) is 41.3 Å². The lowest BCUT2D eigenvalue weighted by atomic mass is 9.87. The van der Waals surface area contributed by atoms with E-state index < -0.39 is 0 Å². The zero-order chi connectivity index (χ0) is 8.27. The van der Waals surface area contributed by atoms with Crippen molar-refractivity contribution < 1.29 is 0 Å². The van der Waals surface area contributed by atoms with Gasteiger partial charge in [-0.25, -0.2) is 0 Å². The van der Waals surface area contributed by atoms with E-state index in [0.717, 1.165) is 11.8 Å². The number of nitrogens with zero attached hydrogens (tertiary/aromatic N) is 1. The van der Waals surface area contributed by atoms with Crippen LogP contribution >= 0.6 is 22.6 Å². The van der Waals surface area contributed by atoms with Crippen molar-refractivity contribution in [2.24, 2.45) is 11.8 Å². The van der Waals surface area contributed by atoms with Gasteiger partial charge in [0.25, 0.3) is 0 Å². The number of hydrogen-bond acceptors (Lipinski definition) is 1. The Labute approximate surface area is 83.7 Å². The number of halogens is 1. The molecule has 0 atom stereocenters. The SMILES string of the molecule is CC(C)C1CCN(CI)CC1. The number of alkyl halides is 1. The van der Waals surface area contributed by atoms with Crippen LogP contribution in [-0.2, 0) is 0 Å². The van der Waals surface area contributed by atoms with Crippen molar-refractivity contribution in [3.8, 4) is 0 Å². The summed E-state index contributed by atoms with van der Waals surface area (Å²) in [5.74, 6) is 1.89. The molecule has 1 aliphatic heterocycles. The summed E-state index contributed by atoms with van der Waals surface area (Å²) in [6.45, 7) is 7.35. The second-order valence-electron chi connectivity index (χ2n) is 3.82. The van der Waals surface area contributed by atoms with Crippen molar-refractivity contribution in [2.45, 2.75) is 26.7 Å². The summed E-state index contributed by atoms with van der Waals surface area (Å²) in [5, 5.41) is 0. The molecule has 1 heterocycles. The van der Waals surface area contributed by atoms with E-state index in [4.69, 9.17) is 0 Å². The largest absolute Gasteiger partial charge is 0.294 e. The summed E-state index contributed by atoms with van der Waals surface area (Å²) in [6.07, 6.45) is 2.83. The van der Waals surface area contributed by atoms with E-state index in [1.165, 1.54) is 30.5 Å². The van der Waals surface area contributed by atoms with Crippen molar-refractivity contribution in [3.63, 3.8) is 0 Å². The quantitative estimate of drug-likeness (QED) is 0.422. The number of rotatable bonds is 2. The number of hydrogen-bond donors (Lipinski definition) is 0. The van der Waals surface area contributed by atoms with E-state index in [1.807, 2.05) is 0 Å². The van der Waals surface area contributed by atoms with Gasteiger partial charge in [0.1, 0.15) is 0 Å². The Morgan fingerprint density at radius 2 is 1.91 bits per heavy atom. The number of likely N-dealkylation sites (tertiary alicyclic amines) is 1. The maximum atomic E-state index is 2.54. The molecule has 0 aromatic carbocycles. The summed E-state index contributed by atoms with van der Waals surface area (Å²) in [6, 6.07) is 0. The molecule has 0 spiro atoms. The molecule has 0 N–H and O–H groups in total. The van der Waals surface area contributed by atoms with Crippen molar-refractivity contribution in [3.05, 3.63) is 0 Å². The molecule has 1 rings (SSSR count). The zero-order valence-corrected chi connectivity index (χ0v) is 9.67. The van der Waals surface area contributed by atoms with Gasteiger partial charge in [0.2, 0.25) is 0 Å². The molecule has 0 amide bonds. The lowest BCUT2D eigenvalue weighted by Crippen LogP contribution is -2.34. The van der Waals surface area contributed by atoms with Crippen molar-refractivity contribution >= 4 is 22.6 Å². The van der Waals surface area contributed by atoms with Crippen LogP contribution in [0.5, 0.6) is 0 Å². The fourth-order valence-electron chi connectivity index (χ4n) is 1.74. The van der Waals surface area contributed by atoms with E-state index in [-0.39, 0.29) is 0 Å². The third-order valence-electron chi connectivity index (χ3n) is 2.74. The maximum absolute atomic E-state index is 2.54. The fourth-order valence-corrected chi connectivity index (χ4v) is 2.42. The van der Waals surface area contributed by atoms with Crippen LogP contribution in [0.2, 0.25) is 0 Å². The van der Waals surface area contributed by atoms with Gasteiger partial charge in [-0.3, -0.25) is 4.90 Å². The van der Waals surface area contributed by atoms with Crippen LogP contribution in [-0.4, -0.2) is 22.5 Å². The highest BCUT2D eigenvalue weighted by Gasteiger charge is 2.20. The average molecular weight is 267 g/mol. The van der Waals surface area contributed by atoms with Gasteiger partial charge < -0.3 is 0 Å². The van der Waals surface area contributed by atoms with Gasteiger partial charge in [-0.1, -0.05) is 36.4 Å². The van der Waals surface area contributed by atoms with Crippen molar-refractivity contribution in [1.29, 1.82) is 0 Å². The first-order valence-electron chi connectivity index (χ1n) is 4.52. The second kappa shape index (κ2) is 4.65. The Morgan fingerprint density at radius 3 is 2.27 bits per heavy atom. The third kappa shape index (κ3) is 2.90. The zero-order valence-electron chi connectivity index (χ0n) is 7.52. The number of piperidine rings is 1. The second-order valence-corrected chi connectivity index (χ2v) is 4.50. The molecule has 0 saturated carbocycles. The monoisotopic (exact) mass is 267 g/mol. The Bertz CT molecular complexity index is 106. The molecule has 66 valence electrons. The van der Waals surface area contributed by atoms with Crippen LogP contribution in [0.1, 0.15) is 26.7 Å². The molecule has 1 nitrogen and oxygen atoms in total. The minimum atomic E-state index is 0.895. The molecular formula is C9H18IN. The van der Waals surface area contributed by atoms with Crippen LogP contribution in [0, 0.1) is 11.8 Å². The highest BCUT2D eigenvalue weighted by atomic mass is 127. The standard InChI is InChI=1S/C9H18IN/c1-8(2)9-3-5-11(7-10)6-4-9/h8-9H,3-7H2,1-2H3. The molecule has 0 radical (unpaired) electrons. The summed E-state index contributed by atoms with van der Waals surface area (Å²) < 4.78 is 1.21. The smallest absolute Gasteiger partial charge is 0.0505 e. The van der Waals surface area contributed by atoms with Crippen LogP contribution < -0.4 is 0 Å². The average Bonchev–Trinajstić information content (AvgIpc) is 2.05. The molecule has 1 aliphatic rings. The van der Waals surface area contributed by atoms with Gasteiger partial charge in [0, 0.05) is 0 Å². The lowest BCUT2D eigenvalue weighted by Gasteiger charge is -2.32. The van der Waals surface area contributed by atoms with Crippen LogP contribution in [0.4, 0.5) is 0 Å². The predicted molar refractivity (Wildman–Crippen MR) is 58.0 cm³/mol. The molecule has 1 fully saturated rings. The molecular weight excluding hydrogens is 249 g/mol. The molecule has 1 saturated heterocycles. The minimum Gasteiger partial charge on any atom is -0.294 e. The van der Waals surface area contributed by atoms with Crippen molar-refractivity contribution in [2.75, 3.05) is 17.6 Å². The Kier molecular flexibility index (Phi) is 4.13. The van der Waals surface area contributed by atoms with E-state index in [9.17, 15) is 0 Å². The van der Waals surface area contributed by atoms with Crippen molar-refractivity contribution in [1.82, 2.24) is 4.90 Å². The molecule has 0 unspecified atom stereocenters. The van der Waals surface area contributed by atoms with Gasteiger partial charge >= 0.3 is 0 Å². The fraction of sp³-hybridized carbons (Fsp3) is 1.00. The first-order chi connectivity index (χ1) is 5.24. The third-order valence-corrected chi connectivity index (χ3v) is 3.71. The Morgan fingerprint density at radius 1 is 1.36 bits per heavy atom. The van der Waals surface area contributed by atoms with Gasteiger partial charge in [-0.05, 0) is 37.8 Å². The normalized spacial score (nSPS) is 22.9. The van der Waals surface area contributed by atoms with E-state index in [1.54, 1.807) is 0 Å². The molecule has 2 heteroatoms. The first kappa shape index (κ1) is 9.78. The van der Waals surface area contributed by atoms with Gasteiger partial charge in [-0.2, -0.15) is 0 Å². The Hall–Kier alpha value is 0.690. The molecule has 0 aromatic heterocycles.